The molecule has 0 saturated carbocycles. The van der Waals surface area contributed by atoms with Gasteiger partial charge in [0, 0.05) is 4.47 Å². The fourth-order valence-electron chi connectivity index (χ4n) is 1.22. The average Bonchev–Trinajstić information content (AvgIpc) is 2.35. The van der Waals surface area contributed by atoms with E-state index < -0.39 is 0 Å². The molecule has 0 atom stereocenters. The molecule has 4 nitrogen and oxygen atoms in total. The van der Waals surface area contributed by atoms with E-state index in [9.17, 15) is 0 Å². The summed E-state index contributed by atoms with van der Waals surface area (Å²) in [7, 11) is 0. The lowest BCUT2D eigenvalue weighted by atomic mass is 10.3. The molecule has 18 heavy (non-hydrogen) atoms. The van der Waals surface area contributed by atoms with E-state index in [0.29, 0.717) is 26.0 Å². The van der Waals surface area contributed by atoms with Crippen molar-refractivity contribution in [3.63, 3.8) is 0 Å². The summed E-state index contributed by atoms with van der Waals surface area (Å²) in [5.74, 6) is 0.554. The summed E-state index contributed by atoms with van der Waals surface area (Å²) in [5.41, 5.74) is 6.15. The van der Waals surface area contributed by atoms with Gasteiger partial charge in [-0.3, -0.25) is 0 Å². The number of benzene rings is 1. The van der Waals surface area contributed by atoms with Crippen molar-refractivity contribution in [3.05, 3.63) is 38.0 Å². The molecule has 0 aliphatic carbocycles. The van der Waals surface area contributed by atoms with Crippen molar-refractivity contribution in [3.8, 4) is 0 Å². The molecular formula is C10H6BrCl3N4. The normalized spacial score (nSPS) is 10.4. The Hall–Kier alpha value is -0.750. The van der Waals surface area contributed by atoms with Gasteiger partial charge in [0.15, 0.2) is 5.82 Å². The number of hydrogen-bond donors (Lipinski definition) is 2. The van der Waals surface area contributed by atoms with E-state index >= 15 is 0 Å². The summed E-state index contributed by atoms with van der Waals surface area (Å²) in [4.78, 5) is 7.74. The largest absolute Gasteiger partial charge is 0.382 e. The number of nitrogens with one attached hydrogen (secondary N) is 1. The SMILES string of the molecule is Nc1ncnc(Nc2ccc(Br)c(Cl)c2Cl)c1Cl. The third-order valence-electron chi connectivity index (χ3n) is 2.10. The Kier molecular flexibility index (Phi) is 4.17. The molecule has 0 fully saturated rings. The van der Waals surface area contributed by atoms with E-state index in [4.69, 9.17) is 40.5 Å². The summed E-state index contributed by atoms with van der Waals surface area (Å²) < 4.78 is 0.702. The van der Waals surface area contributed by atoms with E-state index in [0.717, 1.165) is 0 Å². The van der Waals surface area contributed by atoms with Gasteiger partial charge < -0.3 is 11.1 Å². The molecule has 1 aromatic carbocycles. The second-order valence-corrected chi connectivity index (χ2v) is 5.26. The molecule has 0 aliphatic heterocycles. The van der Waals surface area contributed by atoms with Crippen LogP contribution in [0.15, 0.2) is 22.9 Å². The van der Waals surface area contributed by atoms with Gasteiger partial charge in [-0.25, -0.2) is 9.97 Å². The minimum Gasteiger partial charge on any atom is -0.382 e. The zero-order chi connectivity index (χ0) is 13.3. The summed E-state index contributed by atoms with van der Waals surface area (Å²) >= 11 is 21.4. The zero-order valence-corrected chi connectivity index (χ0v) is 12.6. The number of nitrogens with zero attached hydrogens (tertiary/aromatic N) is 2. The number of rotatable bonds is 2. The van der Waals surface area contributed by atoms with Crippen LogP contribution in [0.3, 0.4) is 0 Å². The lowest BCUT2D eigenvalue weighted by molar-refractivity contribution is 1.18. The molecule has 0 unspecified atom stereocenters. The smallest absolute Gasteiger partial charge is 0.154 e. The van der Waals surface area contributed by atoms with E-state index in [2.05, 4.69) is 31.2 Å². The fraction of sp³-hybridized carbons (Fsp3) is 0. The minimum absolute atomic E-state index is 0.188. The topological polar surface area (TPSA) is 63.8 Å². The first kappa shape index (κ1) is 13.7. The van der Waals surface area contributed by atoms with Crippen LogP contribution >= 0.6 is 50.7 Å². The first-order valence-corrected chi connectivity index (χ1v) is 6.60. The van der Waals surface area contributed by atoms with Gasteiger partial charge in [-0.05, 0) is 28.1 Å². The van der Waals surface area contributed by atoms with Crippen LogP contribution in [0.4, 0.5) is 17.3 Å². The van der Waals surface area contributed by atoms with Crippen molar-refractivity contribution >= 4 is 68.1 Å². The van der Waals surface area contributed by atoms with E-state index in [1.165, 1.54) is 6.33 Å². The molecule has 0 radical (unpaired) electrons. The molecule has 0 bridgehead atoms. The maximum atomic E-state index is 6.10. The first-order valence-electron chi connectivity index (χ1n) is 4.67. The molecule has 3 N–H and O–H groups in total. The Morgan fingerprint density at radius 2 is 1.78 bits per heavy atom. The lowest BCUT2D eigenvalue weighted by Gasteiger charge is -2.11. The second-order valence-electron chi connectivity index (χ2n) is 3.27. The Labute approximate surface area is 127 Å². The predicted octanol–water partition coefficient (Wildman–Crippen LogP) is 4.53. The van der Waals surface area contributed by atoms with Crippen LogP contribution in [0.5, 0.6) is 0 Å². The highest BCUT2D eigenvalue weighted by Gasteiger charge is 2.12. The van der Waals surface area contributed by atoms with E-state index in [1.807, 2.05) is 0 Å². The quantitative estimate of drug-likeness (QED) is 0.765. The summed E-state index contributed by atoms with van der Waals surface area (Å²) in [6, 6.07) is 3.50. The van der Waals surface area contributed by atoms with Crippen LogP contribution in [0.25, 0.3) is 0 Å². The molecular weight excluding hydrogens is 362 g/mol. The summed E-state index contributed by atoms with van der Waals surface area (Å²) in [6.45, 7) is 0. The average molecular weight is 368 g/mol. The standard InChI is InChI=1S/C10H6BrCl3N4/c11-4-1-2-5(7(13)6(4)12)18-10-8(14)9(15)16-3-17-10/h1-3H,(H3,15,16,17,18). The van der Waals surface area contributed by atoms with Crippen molar-refractivity contribution in [2.45, 2.75) is 0 Å². The number of anilines is 3. The molecule has 8 heteroatoms. The van der Waals surface area contributed by atoms with Gasteiger partial charge in [-0.1, -0.05) is 34.8 Å². The van der Waals surface area contributed by atoms with Gasteiger partial charge in [0.05, 0.1) is 15.7 Å². The third kappa shape index (κ3) is 2.64. The molecule has 1 heterocycles. The van der Waals surface area contributed by atoms with Crippen molar-refractivity contribution in [2.24, 2.45) is 0 Å². The van der Waals surface area contributed by atoms with Crippen LogP contribution in [-0.4, -0.2) is 9.97 Å². The third-order valence-corrected chi connectivity index (χ3v) is 4.25. The van der Waals surface area contributed by atoms with E-state index in [-0.39, 0.29) is 10.8 Å². The van der Waals surface area contributed by atoms with Gasteiger partial charge in [0.1, 0.15) is 17.2 Å². The van der Waals surface area contributed by atoms with E-state index in [1.54, 1.807) is 12.1 Å². The maximum absolute atomic E-state index is 6.10. The molecule has 0 saturated heterocycles. The highest BCUT2D eigenvalue weighted by Crippen LogP contribution is 2.38. The number of hydrogen-bond acceptors (Lipinski definition) is 4. The molecule has 2 rings (SSSR count). The Morgan fingerprint density at radius 1 is 1.06 bits per heavy atom. The number of nitrogens with two attached hydrogens (primary N) is 1. The van der Waals surface area contributed by atoms with Crippen LogP contribution in [0, 0.1) is 0 Å². The number of halogens is 4. The predicted molar refractivity (Wildman–Crippen MR) is 78.9 cm³/mol. The molecule has 1 aromatic heterocycles. The van der Waals surface area contributed by atoms with Gasteiger partial charge in [-0.2, -0.15) is 0 Å². The Bertz CT molecular complexity index is 606. The minimum atomic E-state index is 0.188. The molecule has 0 aliphatic rings. The first-order chi connectivity index (χ1) is 8.50. The van der Waals surface area contributed by atoms with Crippen molar-refractivity contribution < 1.29 is 0 Å². The van der Waals surface area contributed by atoms with Crippen LogP contribution in [0.2, 0.25) is 15.1 Å². The van der Waals surface area contributed by atoms with Gasteiger partial charge in [0.2, 0.25) is 0 Å². The van der Waals surface area contributed by atoms with Gasteiger partial charge in [-0.15, -0.1) is 0 Å². The second kappa shape index (κ2) is 5.48. The zero-order valence-electron chi connectivity index (χ0n) is 8.72. The van der Waals surface area contributed by atoms with Crippen LogP contribution < -0.4 is 11.1 Å². The summed E-state index contributed by atoms with van der Waals surface area (Å²) in [5, 5.41) is 3.94. The van der Waals surface area contributed by atoms with Crippen molar-refractivity contribution in [2.75, 3.05) is 11.1 Å². The monoisotopic (exact) mass is 366 g/mol. The van der Waals surface area contributed by atoms with Gasteiger partial charge >= 0.3 is 0 Å². The van der Waals surface area contributed by atoms with Crippen LogP contribution in [0.1, 0.15) is 0 Å². The molecule has 0 amide bonds. The highest BCUT2D eigenvalue weighted by atomic mass is 79.9. The highest BCUT2D eigenvalue weighted by molar-refractivity contribution is 9.10. The van der Waals surface area contributed by atoms with Gasteiger partial charge in [0.25, 0.3) is 0 Å². The summed E-state index contributed by atoms with van der Waals surface area (Å²) in [6.07, 6.45) is 1.30. The fourth-order valence-corrected chi connectivity index (χ4v) is 2.19. The molecule has 94 valence electrons. The Morgan fingerprint density at radius 3 is 2.50 bits per heavy atom. The number of aromatic nitrogens is 2. The van der Waals surface area contributed by atoms with Crippen molar-refractivity contribution in [1.82, 2.24) is 9.97 Å². The molecule has 2 aromatic rings. The lowest BCUT2D eigenvalue weighted by Crippen LogP contribution is -2.00. The van der Waals surface area contributed by atoms with Crippen molar-refractivity contribution in [1.29, 1.82) is 0 Å². The molecule has 0 spiro atoms. The Balaban J connectivity index is 2.41. The maximum Gasteiger partial charge on any atom is 0.154 e. The number of nitrogen functional groups attached to an aromatic ring is 1. The van der Waals surface area contributed by atoms with Crippen LogP contribution in [-0.2, 0) is 0 Å².